The lowest BCUT2D eigenvalue weighted by Crippen LogP contribution is -2.54. The number of aliphatic hydroxyl groups is 1. The van der Waals surface area contributed by atoms with Crippen molar-refractivity contribution in [2.24, 2.45) is 28.6 Å². The number of carbonyl (C=O) groups is 1. The van der Waals surface area contributed by atoms with Gasteiger partial charge in [0, 0.05) is 6.42 Å². The zero-order chi connectivity index (χ0) is 18.6. The van der Waals surface area contributed by atoms with Crippen molar-refractivity contribution in [2.45, 2.75) is 103 Å². The number of carbonyl (C=O) groups excluding carboxylic acids is 1. The molecule has 2 nitrogen and oxygen atoms in total. The summed E-state index contributed by atoms with van der Waals surface area (Å²) < 4.78 is 0. The van der Waals surface area contributed by atoms with Crippen LogP contribution in [0.25, 0.3) is 0 Å². The van der Waals surface area contributed by atoms with Crippen molar-refractivity contribution in [3.63, 3.8) is 0 Å². The summed E-state index contributed by atoms with van der Waals surface area (Å²) in [6.07, 6.45) is 15.5. The molecule has 6 atom stereocenters. The Kier molecular flexibility index (Phi) is 4.66. The van der Waals surface area contributed by atoms with Gasteiger partial charge < -0.3 is 5.11 Å². The predicted molar refractivity (Wildman–Crippen MR) is 106 cm³/mol. The van der Waals surface area contributed by atoms with Crippen molar-refractivity contribution in [3.8, 4) is 0 Å². The first-order valence-corrected chi connectivity index (χ1v) is 11.3. The first kappa shape index (κ1) is 18.7. The molecule has 0 aliphatic heterocycles. The first-order chi connectivity index (χ1) is 12.3. The highest BCUT2D eigenvalue weighted by molar-refractivity contribution is 5.91. The van der Waals surface area contributed by atoms with E-state index in [4.69, 9.17) is 0 Å². The maximum Gasteiger partial charge on any atom is 0.155 e. The Morgan fingerprint density at radius 1 is 1.04 bits per heavy atom. The Labute approximate surface area is 159 Å². The second kappa shape index (κ2) is 6.47. The molecule has 4 aliphatic rings. The molecule has 0 saturated heterocycles. The third kappa shape index (κ3) is 2.58. The van der Waals surface area contributed by atoms with Crippen LogP contribution in [0.5, 0.6) is 0 Å². The van der Waals surface area contributed by atoms with Gasteiger partial charge in [-0.2, -0.15) is 0 Å². The van der Waals surface area contributed by atoms with E-state index in [2.05, 4.69) is 20.8 Å². The Bertz CT molecular complexity index is 607. The number of rotatable bonds is 4. The van der Waals surface area contributed by atoms with Crippen molar-refractivity contribution in [1.29, 1.82) is 0 Å². The van der Waals surface area contributed by atoms with Gasteiger partial charge in [0.25, 0.3) is 0 Å². The summed E-state index contributed by atoms with van der Waals surface area (Å²) in [7, 11) is 0. The maximum absolute atomic E-state index is 12.0. The molecule has 4 aliphatic carbocycles. The monoisotopic (exact) mass is 358 g/mol. The van der Waals surface area contributed by atoms with Crippen LogP contribution in [0.3, 0.4) is 0 Å². The molecule has 4 rings (SSSR count). The van der Waals surface area contributed by atoms with E-state index in [1.807, 2.05) is 6.08 Å². The molecular weight excluding hydrogens is 320 g/mol. The van der Waals surface area contributed by atoms with E-state index in [1.54, 1.807) is 0 Å². The molecule has 0 amide bonds. The maximum atomic E-state index is 12.0. The van der Waals surface area contributed by atoms with Crippen LogP contribution in [-0.2, 0) is 4.79 Å². The van der Waals surface area contributed by atoms with Crippen LogP contribution in [0.2, 0.25) is 0 Å². The molecule has 146 valence electrons. The molecule has 3 saturated carbocycles. The van der Waals surface area contributed by atoms with Gasteiger partial charge in [-0.05, 0) is 86.0 Å². The minimum Gasteiger partial charge on any atom is -0.389 e. The first-order valence-electron chi connectivity index (χ1n) is 11.3. The summed E-state index contributed by atoms with van der Waals surface area (Å²) in [5.41, 5.74) is 1.39. The van der Waals surface area contributed by atoms with Crippen LogP contribution < -0.4 is 0 Å². The molecule has 26 heavy (non-hydrogen) atoms. The van der Waals surface area contributed by atoms with Gasteiger partial charge in [0.2, 0.25) is 0 Å². The Hall–Kier alpha value is -0.630. The number of allylic oxidation sites excluding steroid dienone is 1. The molecule has 0 radical (unpaired) electrons. The Morgan fingerprint density at radius 2 is 1.81 bits per heavy atom. The van der Waals surface area contributed by atoms with Crippen LogP contribution in [0.15, 0.2) is 11.6 Å². The normalized spacial score (nSPS) is 47.8. The largest absolute Gasteiger partial charge is 0.389 e. The number of ketones is 1. The van der Waals surface area contributed by atoms with Gasteiger partial charge in [-0.15, -0.1) is 0 Å². The number of hydrogen-bond acceptors (Lipinski definition) is 2. The molecule has 0 aromatic heterocycles. The van der Waals surface area contributed by atoms with Gasteiger partial charge in [-0.1, -0.05) is 45.6 Å². The van der Waals surface area contributed by atoms with Crippen molar-refractivity contribution in [3.05, 3.63) is 11.6 Å². The van der Waals surface area contributed by atoms with Gasteiger partial charge in [0.1, 0.15) is 0 Å². The standard InChI is InChI=1S/C24H38O2/c1-4-5-6-12-24(26)15-11-21-19-8-7-17-16-18(25)9-13-22(17,2)20(19)10-14-23(21,24)3/h16,19-21,26H,4-15H2,1-3H3/t19-,20+,21+,22+,23+,24-/m1/s1. The summed E-state index contributed by atoms with van der Waals surface area (Å²) in [5, 5.41) is 11.6. The molecule has 0 aromatic rings. The summed E-state index contributed by atoms with van der Waals surface area (Å²) in [6, 6.07) is 0. The highest BCUT2D eigenvalue weighted by Crippen LogP contribution is 2.68. The van der Waals surface area contributed by atoms with E-state index in [0.717, 1.165) is 43.9 Å². The zero-order valence-corrected chi connectivity index (χ0v) is 17.2. The molecular formula is C24H38O2. The van der Waals surface area contributed by atoms with Gasteiger partial charge in [-0.25, -0.2) is 0 Å². The van der Waals surface area contributed by atoms with E-state index >= 15 is 0 Å². The molecule has 3 fully saturated rings. The average Bonchev–Trinajstić information content (AvgIpc) is 2.87. The number of hydrogen-bond donors (Lipinski definition) is 1. The van der Waals surface area contributed by atoms with E-state index in [1.165, 1.54) is 50.5 Å². The molecule has 0 unspecified atom stereocenters. The highest BCUT2D eigenvalue weighted by atomic mass is 16.3. The Morgan fingerprint density at radius 3 is 2.58 bits per heavy atom. The topological polar surface area (TPSA) is 37.3 Å². The highest BCUT2D eigenvalue weighted by Gasteiger charge is 2.63. The average molecular weight is 359 g/mol. The lowest BCUT2D eigenvalue weighted by Gasteiger charge is -2.59. The summed E-state index contributed by atoms with van der Waals surface area (Å²) in [6.45, 7) is 7.12. The van der Waals surface area contributed by atoms with Gasteiger partial charge in [-0.3, -0.25) is 4.79 Å². The zero-order valence-electron chi connectivity index (χ0n) is 17.2. The minimum atomic E-state index is -0.433. The van der Waals surface area contributed by atoms with Crippen molar-refractivity contribution in [1.82, 2.24) is 0 Å². The molecule has 1 N–H and O–H groups in total. The lowest BCUT2D eigenvalue weighted by atomic mass is 9.46. The van der Waals surface area contributed by atoms with E-state index in [0.29, 0.717) is 11.7 Å². The fourth-order valence-electron chi connectivity index (χ4n) is 7.75. The molecule has 0 spiro atoms. The molecule has 0 bridgehead atoms. The van der Waals surface area contributed by atoms with Crippen LogP contribution in [0.1, 0.15) is 97.8 Å². The van der Waals surface area contributed by atoms with Gasteiger partial charge >= 0.3 is 0 Å². The number of fused-ring (bicyclic) bond motifs is 5. The quantitative estimate of drug-likeness (QED) is 0.642. The Balaban J connectivity index is 1.58. The second-order valence-electron chi connectivity index (χ2n) is 10.5. The second-order valence-corrected chi connectivity index (χ2v) is 10.5. The molecule has 2 heteroatoms. The van der Waals surface area contributed by atoms with E-state index < -0.39 is 5.60 Å². The molecule has 0 aromatic carbocycles. The van der Waals surface area contributed by atoms with E-state index in [9.17, 15) is 9.90 Å². The van der Waals surface area contributed by atoms with Crippen LogP contribution in [0, 0.1) is 28.6 Å². The minimum absolute atomic E-state index is 0.115. The van der Waals surface area contributed by atoms with Crippen LogP contribution >= 0.6 is 0 Å². The predicted octanol–water partition coefficient (Wildman–Crippen LogP) is 5.83. The van der Waals surface area contributed by atoms with Crippen molar-refractivity contribution < 1.29 is 9.90 Å². The summed E-state index contributed by atoms with van der Waals surface area (Å²) in [5.74, 6) is 2.52. The van der Waals surface area contributed by atoms with Crippen LogP contribution in [-0.4, -0.2) is 16.5 Å². The lowest BCUT2D eigenvalue weighted by molar-refractivity contribution is -0.133. The van der Waals surface area contributed by atoms with E-state index in [-0.39, 0.29) is 10.8 Å². The van der Waals surface area contributed by atoms with Gasteiger partial charge in [0.15, 0.2) is 5.78 Å². The van der Waals surface area contributed by atoms with Gasteiger partial charge in [0.05, 0.1) is 5.60 Å². The SMILES string of the molecule is CCCCC[C@@]1(O)CC[C@H]2[C@@H]3CCC4=CC(=O)CC[C@]4(C)[C@H]3CC[C@@]21C. The smallest absolute Gasteiger partial charge is 0.155 e. The summed E-state index contributed by atoms with van der Waals surface area (Å²) >= 11 is 0. The fourth-order valence-corrected chi connectivity index (χ4v) is 7.75. The fraction of sp³-hybridized carbons (Fsp3) is 0.875. The van der Waals surface area contributed by atoms with Crippen LogP contribution in [0.4, 0.5) is 0 Å². The number of unbranched alkanes of at least 4 members (excludes halogenated alkanes) is 2. The third-order valence-corrected chi connectivity index (χ3v) is 9.48. The molecule has 0 heterocycles. The van der Waals surface area contributed by atoms with Crippen molar-refractivity contribution in [2.75, 3.05) is 0 Å². The third-order valence-electron chi connectivity index (χ3n) is 9.48. The van der Waals surface area contributed by atoms with Crippen molar-refractivity contribution >= 4 is 5.78 Å². The summed E-state index contributed by atoms with van der Waals surface area (Å²) in [4.78, 5) is 12.0.